The van der Waals surface area contributed by atoms with Gasteiger partial charge in [0.05, 0.1) is 18.6 Å². The van der Waals surface area contributed by atoms with Crippen LogP contribution in [0.25, 0.3) is 0 Å². The number of esters is 2. The lowest BCUT2D eigenvalue weighted by atomic mass is 10.2. The number of rotatable bonds is 10. The molecule has 34 heavy (non-hydrogen) atoms. The maximum atomic E-state index is 13.0. The number of amides is 1. The molecule has 0 aliphatic rings. The topological polar surface area (TPSA) is 151 Å². The summed E-state index contributed by atoms with van der Waals surface area (Å²) in [6, 6.07) is 8.57. The monoisotopic (exact) mass is 504 g/mol. The molecule has 0 bridgehead atoms. The molecule has 2 aromatic heterocycles. The minimum atomic E-state index is -0.757. The molecule has 13 heteroatoms. The van der Waals surface area contributed by atoms with Crippen molar-refractivity contribution in [3.63, 3.8) is 0 Å². The number of benzene rings is 1. The lowest BCUT2D eigenvalue weighted by molar-refractivity contribution is -0.137. The van der Waals surface area contributed by atoms with Crippen LogP contribution in [0, 0.1) is 6.92 Å². The van der Waals surface area contributed by atoms with Crippen LogP contribution in [0.15, 0.2) is 35.5 Å². The van der Waals surface area contributed by atoms with Crippen molar-refractivity contribution in [2.45, 2.75) is 38.1 Å². The van der Waals surface area contributed by atoms with Crippen molar-refractivity contribution in [3.05, 3.63) is 46.5 Å². The van der Waals surface area contributed by atoms with E-state index >= 15 is 0 Å². The molecule has 0 saturated carbocycles. The molecule has 1 amide bonds. The highest BCUT2D eigenvalue weighted by Crippen LogP contribution is 2.28. The summed E-state index contributed by atoms with van der Waals surface area (Å²) in [5, 5.41) is 11.1. The van der Waals surface area contributed by atoms with Gasteiger partial charge in [-0.2, -0.15) is 0 Å². The molecule has 3 N–H and O–H groups in total. The maximum Gasteiger partial charge on any atom is 0.350 e. The Morgan fingerprint density at radius 2 is 1.97 bits per heavy atom. The summed E-state index contributed by atoms with van der Waals surface area (Å²) in [5.74, 6) is -1.34. The van der Waals surface area contributed by atoms with Gasteiger partial charge in [-0.3, -0.25) is 14.2 Å². The summed E-state index contributed by atoms with van der Waals surface area (Å²) in [4.78, 5) is 41.6. The van der Waals surface area contributed by atoms with Crippen molar-refractivity contribution in [3.8, 4) is 0 Å². The van der Waals surface area contributed by atoms with Gasteiger partial charge in [-0.1, -0.05) is 60.4 Å². The maximum absolute atomic E-state index is 13.0. The molecule has 2 heterocycles. The number of aryl methyl sites for hydroxylation is 1. The van der Waals surface area contributed by atoms with Gasteiger partial charge in [0.25, 0.3) is 0 Å². The smallest absolute Gasteiger partial charge is 0.350 e. The number of nitrogens with zero attached hydrogens (tertiary/aromatic N) is 4. The van der Waals surface area contributed by atoms with Crippen LogP contribution in [0.3, 0.4) is 0 Å². The predicted octanol–water partition coefficient (Wildman–Crippen LogP) is 2.84. The van der Waals surface area contributed by atoms with Crippen LogP contribution in [-0.4, -0.2) is 50.5 Å². The van der Waals surface area contributed by atoms with Crippen LogP contribution in [0.5, 0.6) is 0 Å². The van der Waals surface area contributed by atoms with Crippen LogP contribution in [-0.2, 0) is 25.7 Å². The number of thiazole rings is 1. The Kier molecular flexibility index (Phi) is 8.60. The number of nitrogens with one attached hydrogen (secondary N) is 1. The largest absolute Gasteiger partial charge is 0.468 e. The Morgan fingerprint density at radius 1 is 1.24 bits per heavy atom. The number of thioether (sulfide) groups is 1. The van der Waals surface area contributed by atoms with Gasteiger partial charge >= 0.3 is 11.9 Å². The molecule has 1 atom stereocenters. The molecular formula is C21H24N6O5S2. The Bertz CT molecular complexity index is 1160. The molecule has 0 saturated heterocycles. The van der Waals surface area contributed by atoms with Crippen LogP contribution in [0.1, 0.15) is 40.3 Å². The van der Waals surface area contributed by atoms with Crippen molar-refractivity contribution in [1.82, 2.24) is 19.7 Å². The average molecular weight is 505 g/mol. The van der Waals surface area contributed by atoms with Crippen molar-refractivity contribution in [2.75, 3.05) is 23.9 Å². The van der Waals surface area contributed by atoms with Crippen molar-refractivity contribution in [1.29, 1.82) is 0 Å². The fourth-order valence-electron chi connectivity index (χ4n) is 2.96. The van der Waals surface area contributed by atoms with Gasteiger partial charge in [-0.25, -0.2) is 9.78 Å². The van der Waals surface area contributed by atoms with E-state index in [9.17, 15) is 14.4 Å². The highest BCUT2D eigenvalue weighted by molar-refractivity contribution is 7.99. The van der Waals surface area contributed by atoms with Crippen LogP contribution >= 0.6 is 23.1 Å². The number of nitrogen functional groups attached to an aromatic ring is 1. The van der Waals surface area contributed by atoms with Crippen molar-refractivity contribution >= 4 is 52.0 Å². The van der Waals surface area contributed by atoms with E-state index in [0.717, 1.165) is 28.7 Å². The second kappa shape index (κ2) is 11.6. The van der Waals surface area contributed by atoms with Gasteiger partial charge in [0, 0.05) is 0 Å². The normalized spacial score (nSPS) is 11.6. The minimum absolute atomic E-state index is 0.00713. The zero-order chi connectivity index (χ0) is 24.7. The number of ether oxygens (including phenoxy) is 2. The summed E-state index contributed by atoms with van der Waals surface area (Å²) in [5.41, 5.74) is 7.26. The number of nitrogens with two attached hydrogens (primary N) is 1. The van der Waals surface area contributed by atoms with Gasteiger partial charge in [-0.05, 0) is 18.9 Å². The zero-order valence-electron chi connectivity index (χ0n) is 18.8. The molecule has 11 nitrogen and oxygen atoms in total. The molecule has 3 aromatic rings. The van der Waals surface area contributed by atoms with Crippen LogP contribution < -0.4 is 11.1 Å². The first-order valence-electron chi connectivity index (χ1n) is 10.2. The van der Waals surface area contributed by atoms with E-state index in [0.29, 0.717) is 22.1 Å². The second-order valence-corrected chi connectivity index (χ2v) is 8.93. The first-order valence-corrected chi connectivity index (χ1v) is 12.0. The number of carbonyl (C=O) groups excluding carboxylic acids is 3. The Balaban J connectivity index is 1.70. The third kappa shape index (κ3) is 6.11. The number of hydrogen-bond acceptors (Lipinski definition) is 11. The SMILES string of the molecule is CCC(C(=O)Nc1nc(C)c(C(=O)OCc2ccccc2)s1)n1c(N)nnc1SCC(=O)OC. The van der Waals surface area contributed by atoms with Crippen molar-refractivity contribution < 1.29 is 23.9 Å². The quantitative estimate of drug-likeness (QED) is 0.311. The fraction of sp³-hybridized carbons (Fsp3) is 0.333. The number of carbonyl (C=O) groups is 3. The molecule has 3 rings (SSSR count). The fourth-order valence-corrected chi connectivity index (χ4v) is 4.65. The summed E-state index contributed by atoms with van der Waals surface area (Å²) in [7, 11) is 1.28. The van der Waals surface area contributed by atoms with Gasteiger partial charge in [-0.15, -0.1) is 10.2 Å². The summed E-state index contributed by atoms with van der Waals surface area (Å²) in [6.07, 6.45) is 0.371. The third-order valence-corrected chi connectivity index (χ3v) is 6.63. The van der Waals surface area contributed by atoms with E-state index < -0.39 is 23.9 Å². The van der Waals surface area contributed by atoms with Crippen LogP contribution in [0.4, 0.5) is 11.1 Å². The molecule has 0 spiro atoms. The Morgan fingerprint density at radius 3 is 2.65 bits per heavy atom. The molecule has 1 unspecified atom stereocenters. The third-order valence-electron chi connectivity index (χ3n) is 4.66. The van der Waals surface area contributed by atoms with Gasteiger partial charge in [0.1, 0.15) is 17.5 Å². The molecular weight excluding hydrogens is 480 g/mol. The number of methoxy groups -OCH3 is 1. The minimum Gasteiger partial charge on any atom is -0.468 e. The number of hydrogen-bond donors (Lipinski definition) is 2. The summed E-state index contributed by atoms with van der Waals surface area (Å²) >= 11 is 2.09. The standard InChI is InChI=1S/C21H24N6O5S2/c1-4-14(27-19(22)25-26-21(27)33-11-15(28)31-3)17(29)24-20-23-12(2)16(34-20)18(30)32-10-13-8-6-5-7-9-13/h5-9,14H,4,10-11H2,1-3H3,(H2,22,25)(H,23,24,29). The Hall–Kier alpha value is -3.45. The van der Waals surface area contributed by atoms with Crippen molar-refractivity contribution in [2.24, 2.45) is 0 Å². The van der Waals surface area contributed by atoms with Crippen LogP contribution in [0.2, 0.25) is 0 Å². The molecule has 0 aliphatic heterocycles. The highest BCUT2D eigenvalue weighted by atomic mass is 32.2. The first-order chi connectivity index (χ1) is 16.3. The van der Waals surface area contributed by atoms with E-state index in [4.69, 9.17) is 10.5 Å². The second-order valence-electron chi connectivity index (χ2n) is 6.98. The predicted molar refractivity (Wildman–Crippen MR) is 128 cm³/mol. The molecule has 0 aliphatic carbocycles. The highest BCUT2D eigenvalue weighted by Gasteiger charge is 2.27. The molecule has 0 fully saturated rings. The summed E-state index contributed by atoms with van der Waals surface area (Å²) in [6.45, 7) is 3.61. The van der Waals surface area contributed by atoms with Gasteiger partial charge in [0.15, 0.2) is 10.3 Å². The van der Waals surface area contributed by atoms with E-state index in [-0.39, 0.29) is 23.4 Å². The molecule has 180 valence electrons. The Labute approximate surface area is 204 Å². The lowest BCUT2D eigenvalue weighted by Gasteiger charge is -2.18. The van der Waals surface area contributed by atoms with E-state index in [1.165, 1.54) is 11.7 Å². The zero-order valence-corrected chi connectivity index (χ0v) is 20.4. The molecule has 0 radical (unpaired) electrons. The summed E-state index contributed by atoms with van der Waals surface area (Å²) < 4.78 is 11.5. The first kappa shape index (κ1) is 25.2. The number of anilines is 2. The average Bonchev–Trinajstić information content (AvgIpc) is 3.39. The van der Waals surface area contributed by atoms with E-state index in [1.807, 2.05) is 30.3 Å². The molecule has 1 aromatic carbocycles. The van der Waals surface area contributed by atoms with E-state index in [2.05, 4.69) is 25.2 Å². The van der Waals surface area contributed by atoms with E-state index in [1.54, 1.807) is 13.8 Å². The number of aromatic nitrogens is 4. The van der Waals surface area contributed by atoms with Gasteiger partial charge < -0.3 is 20.5 Å². The lowest BCUT2D eigenvalue weighted by Crippen LogP contribution is -2.27. The van der Waals surface area contributed by atoms with Gasteiger partial charge in [0.2, 0.25) is 11.9 Å².